The van der Waals surface area contributed by atoms with Gasteiger partial charge in [-0.3, -0.25) is 4.79 Å². The third kappa shape index (κ3) is 3.99. The van der Waals surface area contributed by atoms with Crippen molar-refractivity contribution >= 4 is 11.6 Å². The molecule has 0 saturated heterocycles. The molecule has 0 aliphatic rings. The molecular weight excluding hydrogens is 250 g/mol. The lowest BCUT2D eigenvalue weighted by atomic mass is 10.1. The number of nitrogens with zero attached hydrogens (tertiary/aromatic N) is 2. The van der Waals surface area contributed by atoms with Crippen molar-refractivity contribution < 1.29 is 4.79 Å². The fourth-order valence-corrected chi connectivity index (χ4v) is 2.08. The standard InChI is InChI=1S/C16H23N3O/c1-5-18-15-9-12(3)7-8-14(15)16(20)19(6-2)11-13(4)10-17/h7-9,13,18H,5-6,11H2,1-4H3. The fraction of sp³-hybridized carbons (Fsp3) is 0.500. The smallest absolute Gasteiger partial charge is 0.255 e. The number of amides is 1. The van der Waals surface area contributed by atoms with E-state index in [1.54, 1.807) is 4.90 Å². The molecule has 1 atom stereocenters. The van der Waals surface area contributed by atoms with Gasteiger partial charge in [0.15, 0.2) is 0 Å². The Morgan fingerprint density at radius 2 is 2.15 bits per heavy atom. The summed E-state index contributed by atoms with van der Waals surface area (Å²) in [6, 6.07) is 7.96. The van der Waals surface area contributed by atoms with E-state index in [-0.39, 0.29) is 11.8 Å². The summed E-state index contributed by atoms with van der Waals surface area (Å²) in [6.45, 7) is 9.61. The molecule has 1 aromatic rings. The number of benzene rings is 1. The van der Waals surface area contributed by atoms with E-state index in [0.29, 0.717) is 18.7 Å². The maximum atomic E-state index is 12.6. The number of anilines is 1. The van der Waals surface area contributed by atoms with E-state index in [2.05, 4.69) is 11.4 Å². The van der Waals surface area contributed by atoms with Gasteiger partial charge in [-0.05, 0) is 45.4 Å². The molecule has 0 fully saturated rings. The second-order valence-corrected chi connectivity index (χ2v) is 4.95. The Morgan fingerprint density at radius 1 is 1.45 bits per heavy atom. The van der Waals surface area contributed by atoms with Gasteiger partial charge in [0, 0.05) is 25.3 Å². The minimum absolute atomic E-state index is 0.0226. The van der Waals surface area contributed by atoms with Gasteiger partial charge in [0.25, 0.3) is 5.91 Å². The highest BCUT2D eigenvalue weighted by Gasteiger charge is 2.19. The van der Waals surface area contributed by atoms with Crippen molar-refractivity contribution in [2.75, 3.05) is 25.0 Å². The molecule has 1 amide bonds. The summed E-state index contributed by atoms with van der Waals surface area (Å²) >= 11 is 0. The number of carbonyl (C=O) groups is 1. The Balaban J connectivity index is 3.03. The highest BCUT2D eigenvalue weighted by Crippen LogP contribution is 2.20. The van der Waals surface area contributed by atoms with Crippen LogP contribution in [0, 0.1) is 24.2 Å². The zero-order valence-electron chi connectivity index (χ0n) is 12.7. The number of rotatable bonds is 6. The van der Waals surface area contributed by atoms with Gasteiger partial charge in [0.1, 0.15) is 0 Å². The molecule has 0 spiro atoms. The Labute approximate surface area is 121 Å². The largest absolute Gasteiger partial charge is 0.385 e. The number of hydrogen-bond acceptors (Lipinski definition) is 3. The topological polar surface area (TPSA) is 56.1 Å². The minimum Gasteiger partial charge on any atom is -0.385 e. The van der Waals surface area contributed by atoms with Crippen LogP contribution in [0.25, 0.3) is 0 Å². The molecule has 1 aromatic carbocycles. The first-order valence-electron chi connectivity index (χ1n) is 7.06. The zero-order valence-corrected chi connectivity index (χ0v) is 12.7. The van der Waals surface area contributed by atoms with Crippen molar-refractivity contribution in [3.63, 3.8) is 0 Å². The summed E-state index contributed by atoms with van der Waals surface area (Å²) in [7, 11) is 0. The molecule has 20 heavy (non-hydrogen) atoms. The zero-order chi connectivity index (χ0) is 15.1. The Kier molecular flexibility index (Phi) is 6.05. The summed E-state index contributed by atoms with van der Waals surface area (Å²) in [5.74, 6) is -0.183. The van der Waals surface area contributed by atoms with E-state index in [0.717, 1.165) is 17.8 Å². The van der Waals surface area contributed by atoms with E-state index in [9.17, 15) is 4.79 Å². The van der Waals surface area contributed by atoms with Gasteiger partial charge in [-0.15, -0.1) is 0 Å². The monoisotopic (exact) mass is 273 g/mol. The summed E-state index contributed by atoms with van der Waals surface area (Å²) in [4.78, 5) is 14.3. The van der Waals surface area contributed by atoms with E-state index in [1.165, 1.54) is 0 Å². The van der Waals surface area contributed by atoms with Crippen molar-refractivity contribution in [3.05, 3.63) is 29.3 Å². The van der Waals surface area contributed by atoms with E-state index < -0.39 is 0 Å². The number of aryl methyl sites for hydroxylation is 1. The van der Waals surface area contributed by atoms with Crippen molar-refractivity contribution in [3.8, 4) is 6.07 Å². The predicted molar refractivity (Wildman–Crippen MR) is 81.7 cm³/mol. The Hall–Kier alpha value is -2.02. The van der Waals surface area contributed by atoms with Gasteiger partial charge >= 0.3 is 0 Å². The molecule has 0 aliphatic heterocycles. The lowest BCUT2D eigenvalue weighted by Crippen LogP contribution is -2.34. The molecule has 1 rings (SSSR count). The molecular formula is C16H23N3O. The van der Waals surface area contributed by atoms with Gasteiger partial charge in [-0.2, -0.15) is 5.26 Å². The summed E-state index contributed by atoms with van der Waals surface area (Å²) in [6.07, 6.45) is 0. The number of carbonyl (C=O) groups excluding carboxylic acids is 1. The van der Waals surface area contributed by atoms with Crippen molar-refractivity contribution in [2.45, 2.75) is 27.7 Å². The highest BCUT2D eigenvalue weighted by atomic mass is 16.2. The molecule has 0 aliphatic carbocycles. The molecule has 0 radical (unpaired) electrons. The van der Waals surface area contributed by atoms with Crippen LogP contribution in [-0.2, 0) is 0 Å². The van der Waals surface area contributed by atoms with Crippen molar-refractivity contribution in [2.24, 2.45) is 5.92 Å². The van der Waals surface area contributed by atoms with Crippen LogP contribution < -0.4 is 5.32 Å². The first-order chi connectivity index (χ1) is 9.53. The fourth-order valence-electron chi connectivity index (χ4n) is 2.08. The normalized spacial score (nSPS) is 11.6. The second kappa shape index (κ2) is 7.54. The summed E-state index contributed by atoms with van der Waals surface area (Å²) in [5, 5.41) is 12.1. The Morgan fingerprint density at radius 3 is 2.70 bits per heavy atom. The van der Waals surface area contributed by atoms with Crippen molar-refractivity contribution in [1.29, 1.82) is 5.26 Å². The average Bonchev–Trinajstić information content (AvgIpc) is 2.44. The molecule has 1 unspecified atom stereocenters. The number of hydrogen-bond donors (Lipinski definition) is 1. The minimum atomic E-state index is -0.160. The third-order valence-corrected chi connectivity index (χ3v) is 3.16. The lowest BCUT2D eigenvalue weighted by Gasteiger charge is -2.23. The van der Waals surface area contributed by atoms with Crippen LogP contribution >= 0.6 is 0 Å². The number of nitrogens with one attached hydrogen (secondary N) is 1. The first kappa shape index (κ1) is 16.0. The van der Waals surface area contributed by atoms with Crippen LogP contribution in [0.1, 0.15) is 36.7 Å². The molecule has 108 valence electrons. The first-order valence-corrected chi connectivity index (χ1v) is 7.06. The quantitative estimate of drug-likeness (QED) is 0.866. The maximum Gasteiger partial charge on any atom is 0.255 e. The van der Waals surface area contributed by atoms with Crippen LogP contribution in [0.4, 0.5) is 5.69 Å². The van der Waals surface area contributed by atoms with Gasteiger partial charge < -0.3 is 10.2 Å². The summed E-state index contributed by atoms with van der Waals surface area (Å²) < 4.78 is 0. The molecule has 0 saturated carbocycles. The van der Waals surface area contributed by atoms with Crippen LogP contribution in [0.5, 0.6) is 0 Å². The number of nitriles is 1. The predicted octanol–water partition coefficient (Wildman–Crippen LogP) is 3.05. The van der Waals surface area contributed by atoms with Crippen LogP contribution in [-0.4, -0.2) is 30.4 Å². The second-order valence-electron chi connectivity index (χ2n) is 4.95. The van der Waals surface area contributed by atoms with Gasteiger partial charge in [-0.1, -0.05) is 6.07 Å². The lowest BCUT2D eigenvalue weighted by molar-refractivity contribution is 0.0753. The SMILES string of the molecule is CCNc1cc(C)ccc1C(=O)N(CC)CC(C)C#N. The summed E-state index contributed by atoms with van der Waals surface area (Å²) in [5.41, 5.74) is 2.65. The Bertz CT molecular complexity index is 505. The highest BCUT2D eigenvalue weighted by molar-refractivity contribution is 5.99. The molecule has 0 aromatic heterocycles. The molecule has 4 nitrogen and oxygen atoms in total. The van der Waals surface area contributed by atoms with E-state index >= 15 is 0 Å². The molecule has 1 N–H and O–H groups in total. The molecule has 0 heterocycles. The van der Waals surface area contributed by atoms with Crippen LogP contribution in [0.15, 0.2) is 18.2 Å². The van der Waals surface area contributed by atoms with E-state index in [4.69, 9.17) is 5.26 Å². The van der Waals surface area contributed by atoms with Crippen LogP contribution in [0.2, 0.25) is 0 Å². The van der Waals surface area contributed by atoms with Gasteiger partial charge in [-0.25, -0.2) is 0 Å². The molecule has 0 bridgehead atoms. The van der Waals surface area contributed by atoms with Gasteiger partial charge in [0.2, 0.25) is 0 Å². The molecule has 4 heteroatoms. The average molecular weight is 273 g/mol. The van der Waals surface area contributed by atoms with Gasteiger partial charge in [0.05, 0.1) is 17.6 Å². The van der Waals surface area contributed by atoms with Crippen molar-refractivity contribution in [1.82, 2.24) is 4.90 Å². The third-order valence-electron chi connectivity index (χ3n) is 3.16. The van der Waals surface area contributed by atoms with E-state index in [1.807, 2.05) is 45.9 Å². The van der Waals surface area contributed by atoms with Crippen LogP contribution in [0.3, 0.4) is 0 Å². The maximum absolute atomic E-state index is 12.6.